The molecule has 0 radical (unpaired) electrons. The fraction of sp³-hybridized carbons (Fsp3) is 0.125. The number of hydrogen-bond donors (Lipinski definition) is 0. The van der Waals surface area contributed by atoms with Crippen LogP contribution in [0.2, 0.25) is 0 Å². The van der Waals surface area contributed by atoms with Crippen LogP contribution in [0.4, 0.5) is 0 Å². The molecule has 0 saturated carbocycles. The highest BCUT2D eigenvalue weighted by Crippen LogP contribution is 2.25. The van der Waals surface area contributed by atoms with E-state index >= 15 is 0 Å². The summed E-state index contributed by atoms with van der Waals surface area (Å²) in [6, 6.07) is 8.36. The molecule has 5 rings (SSSR count). The number of fused-ring (bicyclic) bond motifs is 8. The van der Waals surface area contributed by atoms with Gasteiger partial charge in [0.2, 0.25) is 11.6 Å². The van der Waals surface area contributed by atoms with E-state index in [4.69, 9.17) is 4.98 Å². The van der Waals surface area contributed by atoms with Crippen LogP contribution in [0.15, 0.2) is 42.9 Å². The minimum absolute atomic E-state index is 0.888. The molecule has 0 unspecified atom stereocenters. The Balaban J connectivity index is 2.29. The van der Waals surface area contributed by atoms with Gasteiger partial charge in [-0.3, -0.25) is 13.2 Å². The zero-order chi connectivity index (χ0) is 14.1. The minimum Gasteiger partial charge on any atom is -0.272 e. The summed E-state index contributed by atoms with van der Waals surface area (Å²) in [5.41, 5.74) is 5.74. The van der Waals surface area contributed by atoms with Crippen LogP contribution in [0.1, 0.15) is 11.1 Å². The lowest BCUT2D eigenvalue weighted by molar-refractivity contribution is 0.999. The number of hydrogen-bond acceptors (Lipinski definition) is 2. The quantitative estimate of drug-likeness (QED) is 0.436. The fourth-order valence-electron chi connectivity index (χ4n) is 3.24. The Kier molecular flexibility index (Phi) is 1.78. The summed E-state index contributed by atoms with van der Waals surface area (Å²) < 4.78 is 6.39. The summed E-state index contributed by atoms with van der Waals surface area (Å²) in [7, 11) is 0. The maximum absolute atomic E-state index is 4.82. The second kappa shape index (κ2) is 3.44. The van der Waals surface area contributed by atoms with Gasteiger partial charge in [0.15, 0.2) is 0 Å². The summed E-state index contributed by atoms with van der Waals surface area (Å²) in [4.78, 5) is 9.30. The maximum atomic E-state index is 4.82. The fourth-order valence-corrected chi connectivity index (χ4v) is 3.24. The van der Waals surface area contributed by atoms with Crippen LogP contribution in [0.5, 0.6) is 0 Å². The van der Waals surface area contributed by atoms with E-state index in [1.807, 2.05) is 16.8 Å². The Bertz CT molecular complexity index is 1160. The van der Waals surface area contributed by atoms with Crippen LogP contribution >= 0.6 is 0 Å². The molecule has 0 fully saturated rings. The molecule has 0 aliphatic heterocycles. The zero-order valence-electron chi connectivity index (χ0n) is 11.8. The predicted molar refractivity (Wildman–Crippen MR) is 81.9 cm³/mol. The van der Waals surface area contributed by atoms with Crippen molar-refractivity contribution in [1.82, 2.24) is 23.2 Å². The zero-order valence-corrected chi connectivity index (χ0v) is 11.8. The van der Waals surface area contributed by atoms with Gasteiger partial charge in [0, 0.05) is 18.6 Å². The summed E-state index contributed by atoms with van der Waals surface area (Å²) in [5.74, 6) is 1.79. The topological polar surface area (TPSA) is 39.0 Å². The van der Waals surface area contributed by atoms with Crippen LogP contribution < -0.4 is 0 Å². The largest absolute Gasteiger partial charge is 0.272 e. The van der Waals surface area contributed by atoms with Crippen molar-refractivity contribution >= 4 is 28.2 Å². The van der Waals surface area contributed by atoms with Gasteiger partial charge in [-0.2, -0.15) is 0 Å². The molecule has 0 amide bonds. The minimum atomic E-state index is 0.888. The van der Waals surface area contributed by atoms with Crippen LogP contribution in [-0.4, -0.2) is 23.2 Å². The van der Waals surface area contributed by atoms with Gasteiger partial charge in [0.05, 0.1) is 11.0 Å². The van der Waals surface area contributed by atoms with E-state index in [0.29, 0.717) is 0 Å². The van der Waals surface area contributed by atoms with Crippen molar-refractivity contribution in [3.8, 4) is 0 Å². The number of nitrogens with zero attached hydrogens (tertiary/aromatic N) is 5. The predicted octanol–water partition coefficient (Wildman–Crippen LogP) is 3.00. The molecule has 5 nitrogen and oxygen atoms in total. The Hall–Kier alpha value is -2.82. The molecule has 5 aromatic rings. The third kappa shape index (κ3) is 1.17. The van der Waals surface area contributed by atoms with E-state index in [-0.39, 0.29) is 0 Å². The van der Waals surface area contributed by atoms with Crippen molar-refractivity contribution in [1.29, 1.82) is 0 Å². The molecular weight excluding hydrogens is 262 g/mol. The van der Waals surface area contributed by atoms with E-state index in [9.17, 15) is 0 Å². The Labute approximate surface area is 120 Å². The number of rotatable bonds is 0. The molecule has 4 heterocycles. The van der Waals surface area contributed by atoms with Crippen molar-refractivity contribution in [2.75, 3.05) is 0 Å². The van der Waals surface area contributed by atoms with Gasteiger partial charge in [-0.15, -0.1) is 0 Å². The molecule has 4 aromatic heterocycles. The van der Waals surface area contributed by atoms with Crippen molar-refractivity contribution in [3.05, 3.63) is 54.0 Å². The van der Waals surface area contributed by atoms with Gasteiger partial charge in [-0.1, -0.05) is 12.1 Å². The normalized spacial score (nSPS) is 12.3. The number of aromatic nitrogens is 5. The van der Waals surface area contributed by atoms with Crippen LogP contribution in [-0.2, 0) is 0 Å². The van der Waals surface area contributed by atoms with Gasteiger partial charge in [-0.25, -0.2) is 9.97 Å². The van der Waals surface area contributed by atoms with Crippen molar-refractivity contribution in [2.45, 2.75) is 13.8 Å². The van der Waals surface area contributed by atoms with Crippen molar-refractivity contribution < 1.29 is 0 Å². The molecular formula is C16H13N5. The summed E-state index contributed by atoms with van der Waals surface area (Å²) in [6.07, 6.45) is 5.84. The highest BCUT2D eigenvalue weighted by molar-refractivity contribution is 5.86. The smallest absolute Gasteiger partial charge is 0.223 e. The Morgan fingerprint density at radius 3 is 2.71 bits per heavy atom. The second-order valence-electron chi connectivity index (χ2n) is 5.48. The first kappa shape index (κ1) is 10.9. The average Bonchev–Trinajstić information content (AvgIpc) is 3.14. The third-order valence-corrected chi connectivity index (χ3v) is 4.18. The molecule has 1 aromatic carbocycles. The van der Waals surface area contributed by atoms with E-state index in [1.54, 1.807) is 0 Å². The van der Waals surface area contributed by atoms with Gasteiger partial charge in [0.25, 0.3) is 0 Å². The van der Waals surface area contributed by atoms with E-state index in [1.165, 1.54) is 11.1 Å². The molecule has 0 aliphatic rings. The first-order chi connectivity index (χ1) is 10.3. The average molecular weight is 275 g/mol. The van der Waals surface area contributed by atoms with Crippen LogP contribution in [0.25, 0.3) is 28.2 Å². The number of aryl methyl sites for hydroxylation is 2. The highest BCUT2D eigenvalue weighted by atomic mass is 15.3. The van der Waals surface area contributed by atoms with Gasteiger partial charge in [-0.05, 0) is 37.1 Å². The first-order valence-electron chi connectivity index (χ1n) is 6.96. The highest BCUT2D eigenvalue weighted by Gasteiger charge is 2.16. The standard InChI is InChI=1S/C16H13N5/c1-10-4-3-5-12-13(10)21-14-11(2)6-8-19(14)15-17-7-9-20(15)16(21)18-12/h3-9H,1-2H3. The molecule has 0 saturated heterocycles. The number of imidazole rings is 2. The third-order valence-electron chi connectivity index (χ3n) is 4.18. The summed E-state index contributed by atoms with van der Waals surface area (Å²) in [6.45, 7) is 4.25. The lowest BCUT2D eigenvalue weighted by Crippen LogP contribution is -2.03. The summed E-state index contributed by atoms with van der Waals surface area (Å²) in [5, 5.41) is 0. The van der Waals surface area contributed by atoms with E-state index in [0.717, 1.165) is 28.2 Å². The SMILES string of the molecule is Cc1cccc2nc3n4ccnc4n4ccc(C)c4n3c12. The second-order valence-corrected chi connectivity index (χ2v) is 5.48. The number of para-hydroxylation sites is 1. The molecule has 0 spiro atoms. The van der Waals surface area contributed by atoms with Gasteiger partial charge in [0.1, 0.15) is 5.65 Å². The van der Waals surface area contributed by atoms with E-state index in [2.05, 4.69) is 58.1 Å². The molecule has 102 valence electrons. The maximum Gasteiger partial charge on any atom is 0.223 e. The Morgan fingerprint density at radius 1 is 0.905 bits per heavy atom. The molecule has 0 atom stereocenters. The molecule has 0 N–H and O–H groups in total. The lowest BCUT2D eigenvalue weighted by Gasteiger charge is -2.07. The molecule has 21 heavy (non-hydrogen) atoms. The van der Waals surface area contributed by atoms with Gasteiger partial charge >= 0.3 is 0 Å². The summed E-state index contributed by atoms with van der Waals surface area (Å²) >= 11 is 0. The molecule has 0 bridgehead atoms. The van der Waals surface area contributed by atoms with Crippen LogP contribution in [0, 0.1) is 13.8 Å². The van der Waals surface area contributed by atoms with Gasteiger partial charge < -0.3 is 0 Å². The van der Waals surface area contributed by atoms with Crippen molar-refractivity contribution in [2.24, 2.45) is 0 Å². The van der Waals surface area contributed by atoms with E-state index < -0.39 is 0 Å². The number of benzene rings is 1. The lowest BCUT2D eigenvalue weighted by atomic mass is 10.2. The molecule has 0 aliphatic carbocycles. The first-order valence-corrected chi connectivity index (χ1v) is 6.96. The van der Waals surface area contributed by atoms with Crippen molar-refractivity contribution in [3.63, 3.8) is 0 Å². The molecule has 5 heteroatoms. The Morgan fingerprint density at radius 2 is 1.81 bits per heavy atom. The monoisotopic (exact) mass is 275 g/mol. The van der Waals surface area contributed by atoms with Crippen LogP contribution in [0.3, 0.4) is 0 Å².